The average molecular weight is 349 g/mol. The lowest BCUT2D eigenvalue weighted by atomic mass is 9.95. The van der Waals surface area contributed by atoms with Crippen LogP contribution in [0.3, 0.4) is 0 Å². The molecule has 0 bridgehead atoms. The largest absolute Gasteiger partial charge is 0.370 e. The number of nitrogens with zero attached hydrogens (tertiary/aromatic N) is 2. The fourth-order valence-electron chi connectivity index (χ4n) is 3.43. The summed E-state index contributed by atoms with van der Waals surface area (Å²) in [4.78, 5) is 27.3. The van der Waals surface area contributed by atoms with E-state index in [1.165, 1.54) is 6.07 Å². The van der Waals surface area contributed by atoms with E-state index in [0.717, 1.165) is 19.4 Å². The minimum Gasteiger partial charge on any atom is -0.370 e. The van der Waals surface area contributed by atoms with Crippen molar-refractivity contribution < 1.29 is 18.7 Å². The molecule has 2 aliphatic heterocycles. The summed E-state index contributed by atoms with van der Waals surface area (Å²) in [7, 11) is 0. The van der Waals surface area contributed by atoms with Gasteiger partial charge in [0, 0.05) is 25.2 Å². The van der Waals surface area contributed by atoms with Gasteiger partial charge in [0.05, 0.1) is 25.2 Å². The molecule has 0 aromatic heterocycles. The summed E-state index contributed by atoms with van der Waals surface area (Å²) in [6.45, 7) is 2.90. The average Bonchev–Trinajstić information content (AvgIpc) is 2.54. The lowest BCUT2D eigenvalue weighted by Gasteiger charge is -2.42. The molecule has 136 valence electrons. The SMILES string of the molecule is NC(=O)CN1CCCC(C(=O)N2CC(OCc3ccccc3F)C2)C1. The number of hydrogen-bond acceptors (Lipinski definition) is 4. The first-order chi connectivity index (χ1) is 12.0. The first-order valence-corrected chi connectivity index (χ1v) is 8.67. The van der Waals surface area contributed by atoms with Gasteiger partial charge in [0.2, 0.25) is 11.8 Å². The lowest BCUT2D eigenvalue weighted by Crippen LogP contribution is -2.58. The van der Waals surface area contributed by atoms with E-state index in [0.29, 0.717) is 25.2 Å². The second kappa shape index (κ2) is 7.93. The Morgan fingerprint density at radius 1 is 1.24 bits per heavy atom. The molecule has 0 aliphatic carbocycles. The highest BCUT2D eigenvalue weighted by atomic mass is 19.1. The standard InChI is InChI=1S/C18H24FN3O3/c19-16-6-2-1-4-14(16)12-25-15-9-22(10-15)18(24)13-5-3-7-21(8-13)11-17(20)23/h1-2,4,6,13,15H,3,5,7-12H2,(H2,20,23). The maximum atomic E-state index is 13.6. The molecule has 2 N–H and O–H groups in total. The number of rotatable bonds is 6. The van der Waals surface area contributed by atoms with Gasteiger partial charge in [-0.15, -0.1) is 0 Å². The number of nitrogens with two attached hydrogens (primary N) is 1. The van der Waals surface area contributed by atoms with Crippen LogP contribution in [0.1, 0.15) is 18.4 Å². The minimum absolute atomic E-state index is 0.0473. The molecule has 1 aromatic carbocycles. The third-order valence-electron chi connectivity index (χ3n) is 4.83. The predicted molar refractivity (Wildman–Crippen MR) is 89.9 cm³/mol. The number of hydrogen-bond donors (Lipinski definition) is 1. The summed E-state index contributed by atoms with van der Waals surface area (Å²) in [5.41, 5.74) is 5.76. The van der Waals surface area contributed by atoms with Gasteiger partial charge < -0.3 is 15.4 Å². The fraction of sp³-hybridized carbons (Fsp3) is 0.556. The molecule has 2 heterocycles. The molecule has 7 heteroatoms. The van der Waals surface area contributed by atoms with Crippen LogP contribution in [0.25, 0.3) is 0 Å². The molecule has 1 atom stereocenters. The Balaban J connectivity index is 1.42. The Kier molecular flexibility index (Phi) is 5.65. The van der Waals surface area contributed by atoms with Crippen molar-refractivity contribution in [2.24, 2.45) is 11.7 Å². The minimum atomic E-state index is -0.362. The first kappa shape index (κ1) is 17.8. The number of carbonyl (C=O) groups is 2. The van der Waals surface area contributed by atoms with E-state index in [2.05, 4.69) is 0 Å². The van der Waals surface area contributed by atoms with E-state index < -0.39 is 0 Å². The van der Waals surface area contributed by atoms with Gasteiger partial charge in [0.1, 0.15) is 5.82 Å². The summed E-state index contributed by atoms with van der Waals surface area (Å²) in [6.07, 6.45) is 1.68. The molecular formula is C18H24FN3O3. The zero-order valence-electron chi connectivity index (χ0n) is 14.2. The van der Waals surface area contributed by atoms with Gasteiger partial charge in [-0.1, -0.05) is 18.2 Å². The normalized spacial score (nSPS) is 21.8. The van der Waals surface area contributed by atoms with Crippen molar-refractivity contribution >= 4 is 11.8 Å². The van der Waals surface area contributed by atoms with Gasteiger partial charge in [0.15, 0.2) is 0 Å². The zero-order valence-corrected chi connectivity index (χ0v) is 14.2. The smallest absolute Gasteiger partial charge is 0.231 e. The van der Waals surface area contributed by atoms with Crippen LogP contribution in [0.15, 0.2) is 24.3 Å². The number of piperidine rings is 1. The second-order valence-corrected chi connectivity index (χ2v) is 6.81. The Morgan fingerprint density at radius 2 is 2.00 bits per heavy atom. The quantitative estimate of drug-likeness (QED) is 0.822. The predicted octanol–water partition coefficient (Wildman–Crippen LogP) is 0.750. The molecule has 1 unspecified atom stereocenters. The van der Waals surface area contributed by atoms with Crippen molar-refractivity contribution in [2.45, 2.75) is 25.6 Å². The van der Waals surface area contributed by atoms with Gasteiger partial charge in [-0.05, 0) is 25.5 Å². The summed E-state index contributed by atoms with van der Waals surface area (Å²) < 4.78 is 19.2. The fourth-order valence-corrected chi connectivity index (χ4v) is 3.43. The van der Waals surface area contributed by atoms with Crippen molar-refractivity contribution in [3.05, 3.63) is 35.6 Å². The Labute approximate surface area is 146 Å². The van der Waals surface area contributed by atoms with E-state index in [1.807, 2.05) is 4.90 Å². The monoisotopic (exact) mass is 349 g/mol. The van der Waals surface area contributed by atoms with Crippen LogP contribution in [-0.2, 0) is 20.9 Å². The van der Waals surface area contributed by atoms with Gasteiger partial charge in [0.25, 0.3) is 0 Å². The van der Waals surface area contributed by atoms with Crippen molar-refractivity contribution in [3.63, 3.8) is 0 Å². The summed E-state index contributed by atoms with van der Waals surface area (Å²) in [5.74, 6) is -0.606. The number of primary amides is 1. The molecule has 0 spiro atoms. The molecule has 0 radical (unpaired) electrons. The van der Waals surface area contributed by atoms with Crippen LogP contribution in [0, 0.1) is 11.7 Å². The van der Waals surface area contributed by atoms with Crippen LogP contribution < -0.4 is 5.73 Å². The Bertz CT molecular complexity index is 634. The molecule has 2 aliphatic rings. The molecule has 1 aromatic rings. The molecule has 3 rings (SSSR count). The third-order valence-corrected chi connectivity index (χ3v) is 4.83. The first-order valence-electron chi connectivity index (χ1n) is 8.67. The van der Waals surface area contributed by atoms with Crippen LogP contribution in [0.2, 0.25) is 0 Å². The number of amides is 2. The van der Waals surface area contributed by atoms with E-state index in [9.17, 15) is 14.0 Å². The van der Waals surface area contributed by atoms with E-state index in [1.54, 1.807) is 23.1 Å². The summed E-state index contributed by atoms with van der Waals surface area (Å²) >= 11 is 0. The molecular weight excluding hydrogens is 325 g/mol. The van der Waals surface area contributed by atoms with Crippen molar-refractivity contribution in [2.75, 3.05) is 32.7 Å². The number of benzene rings is 1. The highest BCUT2D eigenvalue weighted by Crippen LogP contribution is 2.23. The van der Waals surface area contributed by atoms with Crippen molar-refractivity contribution in [1.82, 2.24) is 9.80 Å². The third kappa shape index (κ3) is 4.55. The van der Waals surface area contributed by atoms with Crippen LogP contribution in [0.4, 0.5) is 4.39 Å². The van der Waals surface area contributed by atoms with Crippen molar-refractivity contribution in [1.29, 1.82) is 0 Å². The molecule has 25 heavy (non-hydrogen) atoms. The summed E-state index contributed by atoms with van der Waals surface area (Å²) in [5, 5.41) is 0. The van der Waals surface area contributed by atoms with Gasteiger partial charge in [-0.2, -0.15) is 0 Å². The molecule has 2 saturated heterocycles. The number of likely N-dealkylation sites (tertiary alicyclic amines) is 2. The van der Waals surface area contributed by atoms with E-state index in [4.69, 9.17) is 10.5 Å². The molecule has 0 saturated carbocycles. The maximum absolute atomic E-state index is 13.6. The highest BCUT2D eigenvalue weighted by Gasteiger charge is 2.36. The van der Waals surface area contributed by atoms with Crippen molar-refractivity contribution in [3.8, 4) is 0 Å². The topological polar surface area (TPSA) is 75.9 Å². The molecule has 2 fully saturated rings. The summed E-state index contributed by atoms with van der Waals surface area (Å²) in [6, 6.07) is 6.54. The molecule has 2 amide bonds. The Hall–Kier alpha value is -1.99. The van der Waals surface area contributed by atoms with Crippen LogP contribution >= 0.6 is 0 Å². The highest BCUT2D eigenvalue weighted by molar-refractivity contribution is 5.80. The van der Waals surface area contributed by atoms with Crippen LogP contribution in [-0.4, -0.2) is 60.4 Å². The number of ether oxygens (including phenoxy) is 1. The number of halogens is 1. The van der Waals surface area contributed by atoms with Gasteiger partial charge in [-0.25, -0.2) is 4.39 Å². The maximum Gasteiger partial charge on any atom is 0.231 e. The van der Waals surface area contributed by atoms with Gasteiger partial charge in [-0.3, -0.25) is 14.5 Å². The van der Waals surface area contributed by atoms with Gasteiger partial charge >= 0.3 is 0 Å². The van der Waals surface area contributed by atoms with E-state index in [-0.39, 0.29) is 42.8 Å². The molecule has 6 nitrogen and oxygen atoms in total. The van der Waals surface area contributed by atoms with Crippen LogP contribution in [0.5, 0.6) is 0 Å². The Morgan fingerprint density at radius 3 is 2.72 bits per heavy atom. The second-order valence-electron chi connectivity index (χ2n) is 6.81. The number of carbonyl (C=O) groups excluding carboxylic acids is 2. The van der Waals surface area contributed by atoms with E-state index >= 15 is 0 Å². The zero-order chi connectivity index (χ0) is 17.8. The lowest BCUT2D eigenvalue weighted by molar-refractivity contribution is -0.152.